The summed E-state index contributed by atoms with van der Waals surface area (Å²) >= 11 is 0. The molecule has 0 aliphatic carbocycles. The van der Waals surface area contributed by atoms with Gasteiger partial charge >= 0.3 is 6.09 Å². The second-order valence-electron chi connectivity index (χ2n) is 5.14. The van der Waals surface area contributed by atoms with Crippen LogP contribution in [0, 0.1) is 17.8 Å². The summed E-state index contributed by atoms with van der Waals surface area (Å²) in [4.78, 5) is 13.5. The molecule has 1 rings (SSSR count). The standard InChI is InChI=1S/C13H21NO2.C2H6/c1-5-6-11-7-9-14(10-8-11)12(15)16-13(2,3)4;1-2/h11H,7-10H2,1-4H3;1-2H3. The number of carbonyl (C=O) groups excluding carboxylic acids is 1. The fraction of sp³-hybridized carbons (Fsp3) is 0.800. The Bertz CT molecular complexity index is 299. The van der Waals surface area contributed by atoms with Crippen molar-refractivity contribution in [1.29, 1.82) is 0 Å². The van der Waals surface area contributed by atoms with Gasteiger partial charge in [0.25, 0.3) is 0 Å². The summed E-state index contributed by atoms with van der Waals surface area (Å²) in [6, 6.07) is 0. The highest BCUT2D eigenvalue weighted by Gasteiger charge is 2.25. The first-order valence-electron chi connectivity index (χ1n) is 6.82. The van der Waals surface area contributed by atoms with Gasteiger partial charge in [-0.25, -0.2) is 4.79 Å². The van der Waals surface area contributed by atoms with Crippen molar-refractivity contribution in [3.05, 3.63) is 0 Å². The number of piperidine rings is 1. The lowest BCUT2D eigenvalue weighted by Crippen LogP contribution is -2.41. The van der Waals surface area contributed by atoms with Crippen molar-refractivity contribution in [2.45, 2.75) is 60.0 Å². The van der Waals surface area contributed by atoms with Crippen LogP contribution in [0.3, 0.4) is 0 Å². The Morgan fingerprint density at radius 2 is 1.72 bits per heavy atom. The topological polar surface area (TPSA) is 29.5 Å². The summed E-state index contributed by atoms with van der Waals surface area (Å²) in [5, 5.41) is 0. The Balaban J connectivity index is 0.00000137. The third-order valence-corrected chi connectivity index (χ3v) is 2.50. The zero-order valence-corrected chi connectivity index (χ0v) is 12.7. The number of hydrogen-bond donors (Lipinski definition) is 0. The number of rotatable bonds is 0. The summed E-state index contributed by atoms with van der Waals surface area (Å²) in [6.45, 7) is 13.0. The molecule has 1 saturated heterocycles. The first kappa shape index (κ1) is 16.8. The lowest BCUT2D eigenvalue weighted by Gasteiger charge is -2.31. The van der Waals surface area contributed by atoms with Gasteiger partial charge in [-0.2, -0.15) is 0 Å². The van der Waals surface area contributed by atoms with E-state index in [1.165, 1.54) is 0 Å². The first-order chi connectivity index (χ1) is 8.42. The van der Waals surface area contributed by atoms with E-state index in [2.05, 4.69) is 11.8 Å². The average Bonchev–Trinajstić information content (AvgIpc) is 2.31. The molecule has 0 unspecified atom stereocenters. The molecule has 0 spiro atoms. The molecule has 1 amide bonds. The van der Waals surface area contributed by atoms with Crippen LogP contribution in [-0.4, -0.2) is 29.7 Å². The van der Waals surface area contributed by atoms with E-state index in [0.717, 1.165) is 25.9 Å². The van der Waals surface area contributed by atoms with E-state index in [1.54, 1.807) is 4.90 Å². The molecule has 3 nitrogen and oxygen atoms in total. The van der Waals surface area contributed by atoms with Crippen molar-refractivity contribution in [3.63, 3.8) is 0 Å². The number of hydrogen-bond acceptors (Lipinski definition) is 2. The highest BCUT2D eigenvalue weighted by molar-refractivity contribution is 5.68. The Kier molecular flexibility index (Phi) is 7.50. The van der Waals surface area contributed by atoms with Crippen molar-refractivity contribution in [1.82, 2.24) is 4.90 Å². The van der Waals surface area contributed by atoms with Gasteiger partial charge in [-0.1, -0.05) is 13.8 Å². The maximum absolute atomic E-state index is 11.7. The molecule has 0 N–H and O–H groups in total. The summed E-state index contributed by atoms with van der Waals surface area (Å²) in [5.74, 6) is 6.55. The van der Waals surface area contributed by atoms with Gasteiger partial charge in [0, 0.05) is 19.0 Å². The largest absolute Gasteiger partial charge is 0.444 e. The van der Waals surface area contributed by atoms with Gasteiger partial charge in [-0.05, 0) is 40.5 Å². The molecule has 0 bridgehead atoms. The maximum atomic E-state index is 11.7. The van der Waals surface area contributed by atoms with Crippen LogP contribution in [0.4, 0.5) is 4.79 Å². The van der Waals surface area contributed by atoms with Crippen molar-refractivity contribution >= 4 is 6.09 Å². The normalized spacial score (nSPS) is 16.0. The number of ether oxygens (including phenoxy) is 1. The molecule has 0 atom stereocenters. The summed E-state index contributed by atoms with van der Waals surface area (Å²) in [6.07, 6.45) is 1.72. The molecule has 1 heterocycles. The quantitative estimate of drug-likeness (QED) is 0.616. The molecule has 1 aliphatic heterocycles. The predicted molar refractivity (Wildman–Crippen MR) is 75.3 cm³/mol. The van der Waals surface area contributed by atoms with E-state index in [1.807, 2.05) is 41.5 Å². The zero-order chi connectivity index (χ0) is 14.2. The van der Waals surface area contributed by atoms with Crippen LogP contribution in [0.25, 0.3) is 0 Å². The van der Waals surface area contributed by atoms with Crippen LogP contribution in [0.15, 0.2) is 0 Å². The van der Waals surface area contributed by atoms with Crippen molar-refractivity contribution in [2.75, 3.05) is 13.1 Å². The van der Waals surface area contributed by atoms with Gasteiger partial charge in [-0.15, -0.1) is 11.8 Å². The third-order valence-electron chi connectivity index (χ3n) is 2.50. The zero-order valence-electron chi connectivity index (χ0n) is 12.7. The monoisotopic (exact) mass is 253 g/mol. The van der Waals surface area contributed by atoms with E-state index in [-0.39, 0.29) is 6.09 Å². The highest BCUT2D eigenvalue weighted by Crippen LogP contribution is 2.18. The number of carbonyl (C=O) groups is 1. The van der Waals surface area contributed by atoms with E-state index in [9.17, 15) is 4.79 Å². The van der Waals surface area contributed by atoms with Crippen molar-refractivity contribution < 1.29 is 9.53 Å². The highest BCUT2D eigenvalue weighted by atomic mass is 16.6. The fourth-order valence-corrected chi connectivity index (χ4v) is 1.74. The molecule has 0 saturated carbocycles. The van der Waals surface area contributed by atoms with Crippen LogP contribution in [0.5, 0.6) is 0 Å². The molecular formula is C15H27NO2. The minimum absolute atomic E-state index is 0.199. The first-order valence-corrected chi connectivity index (χ1v) is 6.82. The Hall–Kier alpha value is -1.17. The van der Waals surface area contributed by atoms with Crippen molar-refractivity contribution in [3.8, 4) is 11.8 Å². The van der Waals surface area contributed by atoms with Crippen LogP contribution < -0.4 is 0 Å². The molecule has 0 aromatic heterocycles. The Morgan fingerprint density at radius 3 is 2.11 bits per heavy atom. The smallest absolute Gasteiger partial charge is 0.410 e. The van der Waals surface area contributed by atoms with Gasteiger partial charge in [0.2, 0.25) is 0 Å². The molecule has 1 fully saturated rings. The maximum Gasteiger partial charge on any atom is 0.410 e. The van der Waals surface area contributed by atoms with E-state index in [0.29, 0.717) is 5.92 Å². The van der Waals surface area contributed by atoms with Gasteiger partial charge in [-0.3, -0.25) is 0 Å². The second kappa shape index (κ2) is 8.02. The summed E-state index contributed by atoms with van der Waals surface area (Å²) in [7, 11) is 0. The number of amides is 1. The molecule has 0 aromatic rings. The number of nitrogens with zero attached hydrogens (tertiary/aromatic N) is 1. The fourth-order valence-electron chi connectivity index (χ4n) is 1.74. The SMILES string of the molecule is CC.CC#CC1CCN(C(=O)OC(C)(C)C)CC1. The minimum atomic E-state index is -0.406. The lowest BCUT2D eigenvalue weighted by molar-refractivity contribution is 0.0199. The lowest BCUT2D eigenvalue weighted by atomic mass is 9.98. The van der Waals surface area contributed by atoms with Crippen LogP contribution in [-0.2, 0) is 4.74 Å². The molecule has 104 valence electrons. The molecular weight excluding hydrogens is 226 g/mol. The molecule has 18 heavy (non-hydrogen) atoms. The molecule has 3 heteroatoms. The van der Waals surface area contributed by atoms with Gasteiger partial charge in [0.1, 0.15) is 5.60 Å². The molecule has 0 aromatic carbocycles. The molecule has 0 radical (unpaired) electrons. The van der Waals surface area contributed by atoms with E-state index < -0.39 is 5.60 Å². The van der Waals surface area contributed by atoms with Gasteiger partial charge < -0.3 is 9.64 Å². The van der Waals surface area contributed by atoms with Crippen LogP contribution in [0.2, 0.25) is 0 Å². The number of likely N-dealkylation sites (tertiary alicyclic amines) is 1. The predicted octanol–water partition coefficient (Wildman–Crippen LogP) is 3.68. The minimum Gasteiger partial charge on any atom is -0.444 e. The van der Waals surface area contributed by atoms with Crippen LogP contribution in [0.1, 0.15) is 54.4 Å². The van der Waals surface area contributed by atoms with Gasteiger partial charge in [0.15, 0.2) is 0 Å². The van der Waals surface area contributed by atoms with E-state index >= 15 is 0 Å². The van der Waals surface area contributed by atoms with Crippen molar-refractivity contribution in [2.24, 2.45) is 5.92 Å². The Labute approximate surface area is 112 Å². The summed E-state index contributed by atoms with van der Waals surface area (Å²) in [5.41, 5.74) is -0.406. The second-order valence-corrected chi connectivity index (χ2v) is 5.14. The van der Waals surface area contributed by atoms with Gasteiger partial charge in [0.05, 0.1) is 0 Å². The van der Waals surface area contributed by atoms with E-state index in [4.69, 9.17) is 4.74 Å². The van der Waals surface area contributed by atoms with Crippen LogP contribution >= 0.6 is 0 Å². The Morgan fingerprint density at radius 1 is 1.22 bits per heavy atom. The average molecular weight is 253 g/mol. The summed E-state index contributed by atoms with van der Waals surface area (Å²) < 4.78 is 5.32. The third kappa shape index (κ3) is 6.54. The molecule has 1 aliphatic rings.